The van der Waals surface area contributed by atoms with E-state index in [1.807, 2.05) is 42.6 Å². The van der Waals surface area contributed by atoms with Gasteiger partial charge in [-0.15, -0.1) is 0 Å². The van der Waals surface area contributed by atoms with E-state index < -0.39 is 24.5 Å². The second-order valence-corrected chi connectivity index (χ2v) is 6.62. The molecular weight excluding hydrogens is 343 g/mol. The van der Waals surface area contributed by atoms with E-state index in [0.717, 1.165) is 41.7 Å². The molecule has 1 aromatic heterocycles. The van der Waals surface area contributed by atoms with Crippen molar-refractivity contribution in [1.29, 1.82) is 0 Å². The van der Waals surface area contributed by atoms with Crippen LogP contribution in [-0.4, -0.2) is 36.7 Å². The highest BCUT2D eigenvalue weighted by atomic mass is 19.4. The average Bonchev–Trinajstić information content (AvgIpc) is 2.64. The number of aryl methyl sites for hydroxylation is 1. The van der Waals surface area contributed by atoms with Crippen molar-refractivity contribution in [2.45, 2.75) is 32.4 Å². The van der Waals surface area contributed by atoms with Gasteiger partial charge < -0.3 is 10.2 Å². The minimum absolute atomic E-state index is 0.418. The molecule has 0 bridgehead atoms. The number of nitrogens with one attached hydrogen (secondary N) is 1. The van der Waals surface area contributed by atoms with Crippen LogP contribution in [-0.2, 0) is 11.2 Å². The highest BCUT2D eigenvalue weighted by molar-refractivity contribution is 5.92. The smallest absolute Gasteiger partial charge is 0.370 e. The predicted molar refractivity (Wildman–Crippen MR) is 95.1 cm³/mol. The van der Waals surface area contributed by atoms with E-state index >= 15 is 0 Å². The number of hydrogen-bond donors (Lipinski definition) is 1. The lowest BCUT2D eigenvalue weighted by molar-refractivity contribution is -0.140. The molecule has 2 aromatic rings. The maximum Gasteiger partial charge on any atom is 0.405 e. The quantitative estimate of drug-likeness (QED) is 0.899. The van der Waals surface area contributed by atoms with Gasteiger partial charge in [0.05, 0.1) is 11.4 Å². The molecule has 1 aliphatic rings. The molecule has 0 spiro atoms. The van der Waals surface area contributed by atoms with Crippen LogP contribution < -0.4 is 10.2 Å². The summed E-state index contributed by atoms with van der Waals surface area (Å²) in [7, 11) is 0. The van der Waals surface area contributed by atoms with Crippen molar-refractivity contribution in [2.24, 2.45) is 5.92 Å². The molecule has 4 nitrogen and oxygen atoms in total. The van der Waals surface area contributed by atoms with E-state index in [1.54, 1.807) is 0 Å². The number of hydrogen-bond acceptors (Lipinski definition) is 3. The summed E-state index contributed by atoms with van der Waals surface area (Å²) in [6.07, 6.45) is -2.23. The number of amides is 1. The van der Waals surface area contributed by atoms with E-state index in [4.69, 9.17) is 0 Å². The summed E-state index contributed by atoms with van der Waals surface area (Å²) in [5.74, 6) is -0.968. The van der Waals surface area contributed by atoms with Gasteiger partial charge in [-0.3, -0.25) is 9.78 Å². The highest BCUT2D eigenvalue weighted by Gasteiger charge is 2.31. The van der Waals surface area contributed by atoms with E-state index in [2.05, 4.69) is 9.88 Å². The van der Waals surface area contributed by atoms with Gasteiger partial charge >= 0.3 is 6.18 Å². The molecule has 1 aromatic carbocycles. The Kier molecular flexibility index (Phi) is 5.34. The van der Waals surface area contributed by atoms with Crippen molar-refractivity contribution in [3.8, 4) is 0 Å². The molecular formula is C19H22F3N3O. The molecule has 26 heavy (non-hydrogen) atoms. The first-order valence-corrected chi connectivity index (χ1v) is 8.85. The standard InChI is InChI=1S/C19H22F3N3O/c1-2-14-10-17(15-7-3-4-8-16(15)24-14)25-9-5-6-13(11-25)18(26)23-12-19(20,21)22/h3-4,7-8,10,13H,2,5-6,9,11-12H2,1H3,(H,23,26). The van der Waals surface area contributed by atoms with Gasteiger partial charge in [-0.25, -0.2) is 0 Å². The molecule has 0 saturated carbocycles. The van der Waals surface area contributed by atoms with Gasteiger partial charge in [0.1, 0.15) is 6.54 Å². The van der Waals surface area contributed by atoms with Crippen LogP contribution >= 0.6 is 0 Å². The minimum Gasteiger partial charge on any atom is -0.370 e. The van der Waals surface area contributed by atoms with E-state index in [9.17, 15) is 18.0 Å². The Morgan fingerprint density at radius 2 is 2.12 bits per heavy atom. The monoisotopic (exact) mass is 365 g/mol. The number of pyridine rings is 1. The molecule has 0 radical (unpaired) electrons. The molecule has 0 aliphatic carbocycles. The number of anilines is 1. The molecule has 1 aliphatic heterocycles. The molecule has 1 N–H and O–H groups in total. The lowest BCUT2D eigenvalue weighted by Gasteiger charge is -2.34. The number of para-hydroxylation sites is 1. The minimum atomic E-state index is -4.39. The van der Waals surface area contributed by atoms with Gasteiger partial charge in [0, 0.05) is 29.9 Å². The summed E-state index contributed by atoms with van der Waals surface area (Å²) in [6, 6.07) is 9.84. The van der Waals surface area contributed by atoms with Crippen LogP contribution in [0.15, 0.2) is 30.3 Å². The Morgan fingerprint density at radius 1 is 1.35 bits per heavy atom. The third-order valence-corrected chi connectivity index (χ3v) is 4.71. The van der Waals surface area contributed by atoms with E-state index in [1.165, 1.54) is 0 Å². The van der Waals surface area contributed by atoms with Gasteiger partial charge in [-0.05, 0) is 31.4 Å². The lowest BCUT2D eigenvalue weighted by atomic mass is 9.96. The van der Waals surface area contributed by atoms with Crippen molar-refractivity contribution < 1.29 is 18.0 Å². The molecule has 140 valence electrons. The number of carbonyl (C=O) groups is 1. The summed E-state index contributed by atoms with van der Waals surface area (Å²) in [6.45, 7) is 1.95. The lowest BCUT2D eigenvalue weighted by Crippen LogP contribution is -2.45. The fourth-order valence-electron chi connectivity index (χ4n) is 3.39. The fraction of sp³-hybridized carbons (Fsp3) is 0.474. The number of carbonyl (C=O) groups excluding carboxylic acids is 1. The molecule has 1 fully saturated rings. The third kappa shape index (κ3) is 4.26. The number of halogens is 3. The second kappa shape index (κ2) is 7.51. The van der Waals surface area contributed by atoms with Crippen molar-refractivity contribution in [1.82, 2.24) is 10.3 Å². The zero-order valence-electron chi connectivity index (χ0n) is 14.6. The van der Waals surface area contributed by atoms with Crippen LogP contribution in [0.2, 0.25) is 0 Å². The number of aromatic nitrogens is 1. The number of alkyl halides is 3. The number of piperidine rings is 1. The van der Waals surface area contributed by atoms with Gasteiger partial charge in [-0.1, -0.05) is 25.1 Å². The van der Waals surface area contributed by atoms with E-state index in [-0.39, 0.29) is 0 Å². The van der Waals surface area contributed by atoms with Crippen molar-refractivity contribution in [3.63, 3.8) is 0 Å². The summed E-state index contributed by atoms with van der Waals surface area (Å²) in [4.78, 5) is 18.9. The largest absolute Gasteiger partial charge is 0.405 e. The van der Waals surface area contributed by atoms with Crippen LogP contribution in [0.4, 0.5) is 18.9 Å². The van der Waals surface area contributed by atoms with Crippen LogP contribution in [0.25, 0.3) is 10.9 Å². The normalized spacial score (nSPS) is 18.2. The molecule has 1 atom stereocenters. The Hall–Kier alpha value is -2.31. The predicted octanol–water partition coefficient (Wildman–Crippen LogP) is 3.69. The SMILES string of the molecule is CCc1cc(N2CCCC(C(=O)NCC(F)(F)F)C2)c2ccccc2n1. The zero-order valence-corrected chi connectivity index (χ0v) is 14.6. The van der Waals surface area contributed by atoms with Gasteiger partial charge in [0.2, 0.25) is 5.91 Å². The Bertz CT molecular complexity index is 791. The number of rotatable bonds is 4. The highest BCUT2D eigenvalue weighted by Crippen LogP contribution is 2.30. The fourth-order valence-corrected chi connectivity index (χ4v) is 3.39. The van der Waals surface area contributed by atoms with Gasteiger partial charge in [-0.2, -0.15) is 13.2 Å². The Labute approximate surface area is 150 Å². The van der Waals surface area contributed by atoms with Crippen LogP contribution in [0.5, 0.6) is 0 Å². The molecule has 1 amide bonds. The Morgan fingerprint density at radius 3 is 2.85 bits per heavy atom. The molecule has 1 unspecified atom stereocenters. The summed E-state index contributed by atoms with van der Waals surface area (Å²) in [5.41, 5.74) is 2.86. The average molecular weight is 365 g/mol. The Balaban J connectivity index is 1.81. The third-order valence-electron chi connectivity index (χ3n) is 4.71. The molecule has 2 heterocycles. The summed E-state index contributed by atoms with van der Waals surface area (Å²) < 4.78 is 37.1. The molecule has 7 heteroatoms. The van der Waals surface area contributed by atoms with Crippen LogP contribution in [0, 0.1) is 5.92 Å². The van der Waals surface area contributed by atoms with Crippen LogP contribution in [0.1, 0.15) is 25.5 Å². The maximum atomic E-state index is 12.4. The van der Waals surface area contributed by atoms with Crippen molar-refractivity contribution >= 4 is 22.5 Å². The van der Waals surface area contributed by atoms with Crippen LogP contribution in [0.3, 0.4) is 0 Å². The summed E-state index contributed by atoms with van der Waals surface area (Å²) in [5, 5.41) is 3.02. The molecule has 3 rings (SSSR count). The number of fused-ring (bicyclic) bond motifs is 1. The first-order valence-electron chi connectivity index (χ1n) is 8.85. The van der Waals surface area contributed by atoms with Gasteiger partial charge in [0.25, 0.3) is 0 Å². The molecule has 1 saturated heterocycles. The topological polar surface area (TPSA) is 45.2 Å². The maximum absolute atomic E-state index is 12.4. The van der Waals surface area contributed by atoms with Crippen molar-refractivity contribution in [2.75, 3.05) is 24.5 Å². The summed E-state index contributed by atoms with van der Waals surface area (Å²) >= 11 is 0. The van der Waals surface area contributed by atoms with Gasteiger partial charge in [0.15, 0.2) is 0 Å². The zero-order chi connectivity index (χ0) is 18.7. The number of nitrogens with zero attached hydrogens (tertiary/aromatic N) is 2. The first-order chi connectivity index (χ1) is 12.4. The van der Waals surface area contributed by atoms with Crippen molar-refractivity contribution in [3.05, 3.63) is 36.0 Å². The number of benzene rings is 1. The second-order valence-electron chi connectivity index (χ2n) is 6.62. The van der Waals surface area contributed by atoms with E-state index in [0.29, 0.717) is 13.0 Å². The first kappa shape index (κ1) is 18.5.